The molecule has 0 saturated heterocycles. The Morgan fingerprint density at radius 1 is 1.03 bits per heavy atom. The van der Waals surface area contributed by atoms with E-state index >= 15 is 0 Å². The summed E-state index contributed by atoms with van der Waals surface area (Å²) in [7, 11) is 1.77. The van der Waals surface area contributed by atoms with Crippen LogP contribution >= 0.6 is 0 Å². The molecular formula is C28H26F4N6O. The number of amides is 1. The van der Waals surface area contributed by atoms with Gasteiger partial charge in [0.1, 0.15) is 18.0 Å². The Morgan fingerprint density at radius 2 is 1.85 bits per heavy atom. The number of halogens is 4. The summed E-state index contributed by atoms with van der Waals surface area (Å²) in [6.07, 6.45) is -3.47. The quantitative estimate of drug-likeness (QED) is 0.234. The van der Waals surface area contributed by atoms with Gasteiger partial charge in [0.15, 0.2) is 5.82 Å². The summed E-state index contributed by atoms with van der Waals surface area (Å²) in [6.45, 7) is 2.74. The predicted octanol–water partition coefficient (Wildman–Crippen LogP) is 5.58. The Kier molecular flexibility index (Phi) is 7.17. The van der Waals surface area contributed by atoms with Crippen molar-refractivity contribution in [3.63, 3.8) is 0 Å². The van der Waals surface area contributed by atoms with E-state index < -0.39 is 18.4 Å². The average Bonchev–Trinajstić information content (AvgIpc) is 3.45. The lowest BCUT2D eigenvalue weighted by Gasteiger charge is -2.17. The lowest BCUT2D eigenvalue weighted by atomic mass is 9.96. The SMILES string of the molecule is Cc1cc(CNCCCC(F)(F)F)cc(N2Cc3ccc(-c4ccc(F)cc4-c4nncn4C)cc3C2=O)n1. The zero-order valence-corrected chi connectivity index (χ0v) is 21.4. The first-order valence-electron chi connectivity index (χ1n) is 12.4. The minimum absolute atomic E-state index is 0.00486. The standard InChI is InChI=1S/C28H26F4N6O/c1-17-10-18(14-33-9-3-8-28(30,31)32)11-25(35-17)38-15-20-5-4-19(12-23(20)27(38)39)22-7-6-21(29)13-24(22)26-36-34-16-37(26)2/h4-7,10-13,16,33H,3,8-9,14-15H2,1-2H3. The maximum absolute atomic E-state index is 14.2. The van der Waals surface area contributed by atoms with Gasteiger partial charge in [0.2, 0.25) is 0 Å². The summed E-state index contributed by atoms with van der Waals surface area (Å²) in [5.41, 5.74) is 4.90. The molecule has 202 valence electrons. The van der Waals surface area contributed by atoms with Crippen LogP contribution < -0.4 is 10.2 Å². The van der Waals surface area contributed by atoms with Crippen LogP contribution in [0, 0.1) is 12.7 Å². The minimum Gasteiger partial charge on any atom is -0.317 e. The van der Waals surface area contributed by atoms with E-state index in [2.05, 4.69) is 20.5 Å². The van der Waals surface area contributed by atoms with Gasteiger partial charge in [-0.1, -0.05) is 18.2 Å². The number of rotatable bonds is 8. The van der Waals surface area contributed by atoms with Crippen molar-refractivity contribution in [2.24, 2.45) is 7.05 Å². The number of alkyl halides is 3. The van der Waals surface area contributed by atoms with Gasteiger partial charge in [-0.25, -0.2) is 9.37 Å². The van der Waals surface area contributed by atoms with E-state index in [4.69, 9.17) is 0 Å². The molecule has 4 aromatic rings. The first-order chi connectivity index (χ1) is 18.6. The summed E-state index contributed by atoms with van der Waals surface area (Å²) >= 11 is 0. The maximum Gasteiger partial charge on any atom is 0.389 e. The first-order valence-corrected chi connectivity index (χ1v) is 12.4. The average molecular weight is 539 g/mol. The number of nitrogens with one attached hydrogen (secondary N) is 1. The molecule has 3 heterocycles. The molecule has 0 fully saturated rings. The van der Waals surface area contributed by atoms with Crippen LogP contribution in [0.5, 0.6) is 0 Å². The fraction of sp³-hybridized carbons (Fsp3) is 0.286. The third-order valence-corrected chi connectivity index (χ3v) is 6.58. The molecule has 1 aliphatic rings. The van der Waals surface area contributed by atoms with E-state index in [1.165, 1.54) is 18.5 Å². The highest BCUT2D eigenvalue weighted by atomic mass is 19.4. The van der Waals surface area contributed by atoms with E-state index in [-0.39, 0.29) is 18.9 Å². The second-order valence-corrected chi connectivity index (χ2v) is 9.59. The van der Waals surface area contributed by atoms with Crippen molar-refractivity contribution < 1.29 is 22.4 Å². The summed E-state index contributed by atoms with van der Waals surface area (Å²) in [6, 6.07) is 13.6. The molecule has 1 N–H and O–H groups in total. The Labute approximate surface area is 222 Å². The lowest BCUT2D eigenvalue weighted by molar-refractivity contribution is -0.135. The van der Waals surface area contributed by atoms with Crippen LogP contribution in [0.25, 0.3) is 22.5 Å². The second kappa shape index (κ2) is 10.6. The lowest BCUT2D eigenvalue weighted by Crippen LogP contribution is -2.25. The molecule has 0 atom stereocenters. The Hall–Kier alpha value is -4.12. The van der Waals surface area contributed by atoms with Gasteiger partial charge in [-0.3, -0.25) is 9.69 Å². The van der Waals surface area contributed by atoms with Gasteiger partial charge in [-0.2, -0.15) is 13.2 Å². The highest BCUT2D eigenvalue weighted by Gasteiger charge is 2.30. The zero-order valence-electron chi connectivity index (χ0n) is 21.4. The molecule has 7 nitrogen and oxygen atoms in total. The molecule has 1 amide bonds. The van der Waals surface area contributed by atoms with E-state index in [0.717, 1.165) is 16.7 Å². The monoisotopic (exact) mass is 538 g/mol. The number of hydrogen-bond donors (Lipinski definition) is 1. The van der Waals surface area contributed by atoms with Crippen LogP contribution in [-0.2, 0) is 20.1 Å². The van der Waals surface area contributed by atoms with Gasteiger partial charge in [-0.15, -0.1) is 10.2 Å². The van der Waals surface area contributed by atoms with Crippen molar-refractivity contribution in [3.05, 3.63) is 83.1 Å². The molecule has 0 spiro atoms. The molecule has 0 bridgehead atoms. The topological polar surface area (TPSA) is 75.9 Å². The number of aromatic nitrogens is 4. The van der Waals surface area contributed by atoms with Crippen molar-refractivity contribution in [2.75, 3.05) is 11.4 Å². The van der Waals surface area contributed by atoms with Gasteiger partial charge in [-0.05, 0) is 72.5 Å². The highest BCUT2D eigenvalue weighted by molar-refractivity contribution is 6.10. The number of nitrogens with zero attached hydrogens (tertiary/aromatic N) is 5. The van der Waals surface area contributed by atoms with Crippen molar-refractivity contribution >= 4 is 11.7 Å². The largest absolute Gasteiger partial charge is 0.389 e. The van der Waals surface area contributed by atoms with Crippen molar-refractivity contribution in [3.8, 4) is 22.5 Å². The summed E-state index contributed by atoms with van der Waals surface area (Å²) in [5.74, 6) is 0.362. The van der Waals surface area contributed by atoms with Crippen molar-refractivity contribution in [1.82, 2.24) is 25.1 Å². The Balaban J connectivity index is 1.37. The number of carbonyl (C=O) groups excluding carboxylic acids is 1. The van der Waals surface area contributed by atoms with Gasteiger partial charge in [0.25, 0.3) is 5.91 Å². The molecule has 39 heavy (non-hydrogen) atoms. The van der Waals surface area contributed by atoms with Crippen LogP contribution in [0.2, 0.25) is 0 Å². The number of aryl methyl sites for hydroxylation is 2. The Bertz CT molecular complexity index is 1530. The molecule has 2 aromatic carbocycles. The fourth-order valence-corrected chi connectivity index (χ4v) is 4.74. The first kappa shape index (κ1) is 26.5. The fourth-order valence-electron chi connectivity index (χ4n) is 4.74. The molecule has 0 saturated carbocycles. The molecular weight excluding hydrogens is 512 g/mol. The number of hydrogen-bond acceptors (Lipinski definition) is 5. The number of anilines is 1. The molecule has 5 rings (SSSR count). The van der Waals surface area contributed by atoms with Crippen molar-refractivity contribution in [1.29, 1.82) is 0 Å². The van der Waals surface area contributed by atoms with Crippen molar-refractivity contribution in [2.45, 2.75) is 39.0 Å². The maximum atomic E-state index is 14.2. The normalized spacial score (nSPS) is 13.3. The smallest absolute Gasteiger partial charge is 0.317 e. The van der Waals surface area contributed by atoms with Crippen LogP contribution in [0.4, 0.5) is 23.4 Å². The van der Waals surface area contributed by atoms with E-state index in [9.17, 15) is 22.4 Å². The van der Waals surface area contributed by atoms with Crippen LogP contribution in [-0.4, -0.2) is 38.4 Å². The number of pyridine rings is 1. The van der Waals surface area contributed by atoms with E-state index in [1.54, 1.807) is 34.7 Å². The molecule has 2 aromatic heterocycles. The van der Waals surface area contributed by atoms with Gasteiger partial charge < -0.3 is 9.88 Å². The molecule has 0 unspecified atom stereocenters. The van der Waals surface area contributed by atoms with Gasteiger partial charge in [0.05, 0.1) is 6.54 Å². The third-order valence-electron chi connectivity index (χ3n) is 6.58. The number of fused-ring (bicyclic) bond motifs is 1. The van der Waals surface area contributed by atoms with E-state index in [0.29, 0.717) is 47.1 Å². The zero-order chi connectivity index (χ0) is 27.7. The number of benzene rings is 2. The van der Waals surface area contributed by atoms with Gasteiger partial charge in [0, 0.05) is 36.8 Å². The minimum atomic E-state index is -4.17. The van der Waals surface area contributed by atoms with Crippen LogP contribution in [0.3, 0.4) is 0 Å². The summed E-state index contributed by atoms with van der Waals surface area (Å²) < 4.78 is 53.0. The number of carbonyl (C=O) groups is 1. The highest BCUT2D eigenvalue weighted by Crippen LogP contribution is 2.35. The molecule has 11 heteroatoms. The summed E-state index contributed by atoms with van der Waals surface area (Å²) in [4.78, 5) is 19.6. The van der Waals surface area contributed by atoms with E-state index in [1.807, 2.05) is 25.1 Å². The third kappa shape index (κ3) is 5.83. The predicted molar refractivity (Wildman–Crippen MR) is 138 cm³/mol. The molecule has 0 radical (unpaired) electrons. The molecule has 1 aliphatic heterocycles. The van der Waals surface area contributed by atoms with Gasteiger partial charge >= 0.3 is 6.18 Å². The second-order valence-electron chi connectivity index (χ2n) is 9.59. The van der Waals surface area contributed by atoms with Crippen LogP contribution in [0.1, 0.15) is 40.0 Å². The Morgan fingerprint density at radius 3 is 2.59 bits per heavy atom. The molecule has 0 aliphatic carbocycles. The van der Waals surface area contributed by atoms with Crippen LogP contribution in [0.15, 0.2) is 54.9 Å². The summed E-state index contributed by atoms with van der Waals surface area (Å²) in [5, 5.41) is 11.0.